The highest BCUT2D eigenvalue weighted by molar-refractivity contribution is 6.32. The molecule has 0 aliphatic carbocycles. The molecule has 82 valence electrons. The molecule has 3 heteroatoms. The van der Waals surface area contributed by atoms with Crippen molar-refractivity contribution in [1.29, 1.82) is 0 Å². The van der Waals surface area contributed by atoms with Gasteiger partial charge in [0.25, 0.3) is 0 Å². The predicted molar refractivity (Wildman–Crippen MR) is 68.1 cm³/mol. The van der Waals surface area contributed by atoms with E-state index in [-0.39, 0.29) is 0 Å². The van der Waals surface area contributed by atoms with Gasteiger partial charge >= 0.3 is 0 Å². The Labute approximate surface area is 96.2 Å². The molecule has 2 nitrogen and oxygen atoms in total. The third-order valence-electron chi connectivity index (χ3n) is 2.52. The molecule has 0 radical (unpaired) electrons. The topological polar surface area (TPSA) is 38.4 Å². The molecule has 1 aromatic rings. The van der Waals surface area contributed by atoms with Crippen LogP contribution >= 0.6 is 11.6 Å². The second-order valence-electron chi connectivity index (χ2n) is 3.92. The third kappa shape index (κ3) is 2.51. The zero-order valence-corrected chi connectivity index (χ0v) is 10.4. The summed E-state index contributed by atoms with van der Waals surface area (Å²) in [7, 11) is 1.76. The van der Waals surface area contributed by atoms with Crippen molar-refractivity contribution < 1.29 is 0 Å². The number of benzene rings is 1. The largest absolute Gasteiger partial charge is 0.398 e. The first-order valence-corrected chi connectivity index (χ1v) is 5.37. The summed E-state index contributed by atoms with van der Waals surface area (Å²) in [5, 5.41) is 0.732. The molecule has 0 aliphatic rings. The van der Waals surface area contributed by atoms with Crippen molar-refractivity contribution in [3.63, 3.8) is 0 Å². The molecule has 2 N–H and O–H groups in total. The lowest BCUT2D eigenvalue weighted by atomic mass is 9.98. The van der Waals surface area contributed by atoms with Crippen LogP contribution in [0.5, 0.6) is 0 Å². The zero-order chi connectivity index (χ0) is 11.6. The summed E-state index contributed by atoms with van der Waals surface area (Å²) < 4.78 is 0. The van der Waals surface area contributed by atoms with Crippen molar-refractivity contribution in [1.82, 2.24) is 0 Å². The summed E-state index contributed by atoms with van der Waals surface area (Å²) in [5.41, 5.74) is 9.62. The van der Waals surface area contributed by atoms with Gasteiger partial charge < -0.3 is 5.73 Å². The lowest BCUT2D eigenvalue weighted by molar-refractivity contribution is 0.867. The molecule has 0 aliphatic heterocycles. The maximum Gasteiger partial charge on any atom is 0.0461 e. The number of hydrogen-bond donors (Lipinski definition) is 1. The van der Waals surface area contributed by atoms with E-state index in [1.807, 2.05) is 13.0 Å². The summed E-state index contributed by atoms with van der Waals surface area (Å²) in [6, 6.07) is 3.84. The first-order valence-electron chi connectivity index (χ1n) is 5.00. The molecule has 0 amide bonds. The lowest BCUT2D eigenvalue weighted by Crippen LogP contribution is -2.03. The molecule has 1 aromatic carbocycles. The van der Waals surface area contributed by atoms with E-state index in [1.165, 1.54) is 0 Å². The molecule has 0 saturated heterocycles. The maximum absolute atomic E-state index is 6.12. The minimum atomic E-state index is 0.390. The fraction of sp³-hybridized carbons (Fsp3) is 0.417. The number of nitrogen functional groups attached to an aromatic ring is 1. The SMILES string of the molecule is CN=C(C)c1cc(C(C)C)c(Cl)cc1N. The Morgan fingerprint density at radius 1 is 1.40 bits per heavy atom. The molecule has 0 heterocycles. The first-order chi connectivity index (χ1) is 6.97. The number of halogens is 1. The molecule has 0 spiro atoms. The van der Waals surface area contributed by atoms with Crippen LogP contribution in [0.4, 0.5) is 5.69 Å². The predicted octanol–water partition coefficient (Wildman–Crippen LogP) is 3.48. The molecular formula is C12H17ClN2. The van der Waals surface area contributed by atoms with E-state index < -0.39 is 0 Å². The lowest BCUT2D eigenvalue weighted by Gasteiger charge is -2.13. The minimum Gasteiger partial charge on any atom is -0.398 e. The molecule has 0 atom stereocenters. The normalized spacial score (nSPS) is 12.3. The van der Waals surface area contributed by atoms with Gasteiger partial charge in [-0.1, -0.05) is 25.4 Å². The van der Waals surface area contributed by atoms with Crippen LogP contribution in [-0.4, -0.2) is 12.8 Å². The smallest absolute Gasteiger partial charge is 0.0461 e. The second kappa shape index (κ2) is 4.67. The number of nitrogens with two attached hydrogens (primary N) is 1. The van der Waals surface area contributed by atoms with Crippen molar-refractivity contribution in [2.75, 3.05) is 12.8 Å². The Kier molecular flexibility index (Phi) is 3.75. The third-order valence-corrected chi connectivity index (χ3v) is 2.84. The molecule has 0 fully saturated rings. The van der Waals surface area contributed by atoms with E-state index in [1.54, 1.807) is 13.1 Å². The van der Waals surface area contributed by atoms with Gasteiger partial charge in [0.05, 0.1) is 0 Å². The number of nitrogens with zero attached hydrogens (tertiary/aromatic N) is 1. The number of rotatable bonds is 2. The fourth-order valence-corrected chi connectivity index (χ4v) is 1.87. The summed E-state index contributed by atoms with van der Waals surface area (Å²) in [6.07, 6.45) is 0. The van der Waals surface area contributed by atoms with Crippen LogP contribution in [0, 0.1) is 0 Å². The van der Waals surface area contributed by atoms with Gasteiger partial charge in [0.15, 0.2) is 0 Å². The second-order valence-corrected chi connectivity index (χ2v) is 4.33. The molecular weight excluding hydrogens is 208 g/mol. The Morgan fingerprint density at radius 2 is 2.00 bits per heavy atom. The van der Waals surface area contributed by atoms with Crippen molar-refractivity contribution in [2.24, 2.45) is 4.99 Å². The van der Waals surface area contributed by atoms with Crippen molar-refractivity contribution >= 4 is 23.0 Å². The van der Waals surface area contributed by atoms with Crippen molar-refractivity contribution in [2.45, 2.75) is 26.7 Å². The highest BCUT2D eigenvalue weighted by Gasteiger charge is 2.10. The minimum absolute atomic E-state index is 0.390. The van der Waals surface area contributed by atoms with Crippen LogP contribution < -0.4 is 5.73 Å². The highest BCUT2D eigenvalue weighted by atomic mass is 35.5. The Morgan fingerprint density at radius 3 is 2.47 bits per heavy atom. The quantitative estimate of drug-likeness (QED) is 0.606. The number of aliphatic imine (C=N–C) groups is 1. The van der Waals surface area contributed by atoms with Gasteiger partial charge in [0.1, 0.15) is 0 Å². The van der Waals surface area contributed by atoms with Crippen LogP contribution in [0.25, 0.3) is 0 Å². The van der Waals surface area contributed by atoms with E-state index in [0.29, 0.717) is 11.6 Å². The van der Waals surface area contributed by atoms with Crippen molar-refractivity contribution in [3.8, 4) is 0 Å². The maximum atomic E-state index is 6.12. The van der Waals surface area contributed by atoms with Crippen LogP contribution in [0.15, 0.2) is 17.1 Å². The van der Waals surface area contributed by atoms with Gasteiger partial charge in [-0.3, -0.25) is 4.99 Å². The molecule has 0 saturated carbocycles. The van der Waals surface area contributed by atoms with Crippen LogP contribution in [0.3, 0.4) is 0 Å². The average Bonchev–Trinajstić information content (AvgIpc) is 2.16. The van der Waals surface area contributed by atoms with E-state index in [2.05, 4.69) is 18.8 Å². The average molecular weight is 225 g/mol. The van der Waals surface area contributed by atoms with Gasteiger partial charge in [-0.15, -0.1) is 0 Å². The molecule has 1 rings (SSSR count). The van der Waals surface area contributed by atoms with Crippen LogP contribution in [0.2, 0.25) is 5.02 Å². The van der Waals surface area contributed by atoms with Gasteiger partial charge in [-0.25, -0.2) is 0 Å². The summed E-state index contributed by atoms with van der Waals surface area (Å²) >= 11 is 6.12. The standard InChI is InChI=1S/C12H17ClN2/c1-7(2)9-5-10(8(3)15-4)12(14)6-11(9)13/h5-7H,14H2,1-4H3. The number of anilines is 1. The Balaban J connectivity index is 3.36. The van der Waals surface area contributed by atoms with Gasteiger partial charge in [-0.05, 0) is 30.5 Å². The zero-order valence-electron chi connectivity index (χ0n) is 9.63. The fourth-order valence-electron chi connectivity index (χ4n) is 1.48. The van der Waals surface area contributed by atoms with Crippen LogP contribution in [0.1, 0.15) is 37.8 Å². The summed E-state index contributed by atoms with van der Waals surface area (Å²) in [6.45, 7) is 6.17. The van der Waals surface area contributed by atoms with E-state index in [0.717, 1.165) is 21.9 Å². The monoisotopic (exact) mass is 224 g/mol. The molecule has 15 heavy (non-hydrogen) atoms. The Bertz CT molecular complexity index is 395. The van der Waals surface area contributed by atoms with Gasteiger partial charge in [0, 0.05) is 29.0 Å². The molecule has 0 bridgehead atoms. The van der Waals surface area contributed by atoms with E-state index >= 15 is 0 Å². The van der Waals surface area contributed by atoms with Gasteiger partial charge in [-0.2, -0.15) is 0 Å². The van der Waals surface area contributed by atoms with E-state index in [9.17, 15) is 0 Å². The van der Waals surface area contributed by atoms with E-state index in [4.69, 9.17) is 17.3 Å². The number of hydrogen-bond acceptors (Lipinski definition) is 2. The Hall–Kier alpha value is -1.02. The molecule has 0 unspecified atom stereocenters. The first kappa shape index (κ1) is 12.1. The summed E-state index contributed by atoms with van der Waals surface area (Å²) in [5.74, 6) is 0.390. The van der Waals surface area contributed by atoms with Crippen molar-refractivity contribution in [3.05, 3.63) is 28.3 Å². The van der Waals surface area contributed by atoms with Gasteiger partial charge in [0.2, 0.25) is 0 Å². The molecule has 0 aromatic heterocycles. The highest BCUT2D eigenvalue weighted by Crippen LogP contribution is 2.29. The van der Waals surface area contributed by atoms with Crippen LogP contribution in [-0.2, 0) is 0 Å². The summed E-state index contributed by atoms with van der Waals surface area (Å²) in [4.78, 5) is 4.14.